The molecule has 0 unspecified atom stereocenters. The van der Waals surface area contributed by atoms with E-state index in [1.54, 1.807) is 6.07 Å². The fourth-order valence-corrected chi connectivity index (χ4v) is 4.42. The summed E-state index contributed by atoms with van der Waals surface area (Å²) in [5.41, 5.74) is 2.59. The minimum absolute atomic E-state index is 0.245. The number of hydrogen-bond donors (Lipinski definition) is 3. The van der Waals surface area contributed by atoms with Crippen molar-refractivity contribution in [2.24, 2.45) is 0 Å². The highest BCUT2D eigenvalue weighted by molar-refractivity contribution is 7.80. The van der Waals surface area contributed by atoms with Crippen molar-refractivity contribution in [1.82, 2.24) is 15.3 Å². The Balaban J connectivity index is 1.32. The first-order valence-corrected chi connectivity index (χ1v) is 11.3. The second kappa shape index (κ2) is 9.65. The van der Waals surface area contributed by atoms with Gasteiger partial charge in [-0.15, -0.1) is 0 Å². The molecule has 0 atom stereocenters. The number of nitrogens with one attached hydrogen (secondary N) is 3. The van der Waals surface area contributed by atoms with Crippen LogP contribution in [0.5, 0.6) is 0 Å². The quantitative estimate of drug-likeness (QED) is 0.478. The van der Waals surface area contributed by atoms with E-state index in [0.29, 0.717) is 23.1 Å². The van der Waals surface area contributed by atoms with E-state index in [1.165, 1.54) is 12.1 Å². The van der Waals surface area contributed by atoms with Crippen LogP contribution in [-0.2, 0) is 0 Å². The van der Waals surface area contributed by atoms with Crippen molar-refractivity contribution in [2.75, 3.05) is 29.6 Å². The molecule has 6 nitrogen and oxygen atoms in total. The molecule has 1 aliphatic rings. The summed E-state index contributed by atoms with van der Waals surface area (Å²) in [7, 11) is 4.00. The summed E-state index contributed by atoms with van der Waals surface area (Å²) in [5, 5.41) is 11.7. The maximum absolute atomic E-state index is 13.3. The lowest BCUT2D eigenvalue weighted by Gasteiger charge is -2.30. The predicted molar refractivity (Wildman–Crippen MR) is 134 cm³/mol. The van der Waals surface area contributed by atoms with Gasteiger partial charge in [-0.25, -0.2) is 9.37 Å². The number of fused-ring (bicyclic) bond motifs is 1. The molecule has 1 saturated carbocycles. The molecule has 2 aromatic carbocycles. The van der Waals surface area contributed by atoms with Gasteiger partial charge in [0, 0.05) is 37.3 Å². The fourth-order valence-electron chi connectivity index (χ4n) is 4.14. The summed E-state index contributed by atoms with van der Waals surface area (Å²) in [6, 6.07) is 13.4. The Hall–Kier alpha value is -3.00. The minimum Gasteiger partial charge on any atom is -0.362 e. The van der Waals surface area contributed by atoms with Crippen molar-refractivity contribution >= 4 is 45.7 Å². The predicted octanol–water partition coefficient (Wildman–Crippen LogP) is 4.85. The monoisotopic (exact) mass is 452 g/mol. The van der Waals surface area contributed by atoms with E-state index in [1.807, 2.05) is 44.1 Å². The van der Waals surface area contributed by atoms with Crippen LogP contribution < -0.4 is 20.9 Å². The molecule has 32 heavy (non-hydrogen) atoms. The maximum Gasteiger partial charge on any atom is 0.225 e. The number of nitrogens with zero attached hydrogens (tertiary/aromatic N) is 3. The second-order valence-corrected chi connectivity index (χ2v) is 8.94. The van der Waals surface area contributed by atoms with Gasteiger partial charge in [-0.1, -0.05) is 12.1 Å². The lowest BCUT2D eigenvalue weighted by molar-refractivity contribution is 0.387. The molecule has 3 N–H and O–H groups in total. The van der Waals surface area contributed by atoms with Gasteiger partial charge in [0.05, 0.1) is 5.52 Å². The number of anilines is 3. The Kier molecular flexibility index (Phi) is 6.69. The smallest absolute Gasteiger partial charge is 0.225 e. The molecule has 0 spiro atoms. The van der Waals surface area contributed by atoms with Crippen LogP contribution in [-0.4, -0.2) is 41.3 Å². The first-order valence-electron chi connectivity index (χ1n) is 10.9. The van der Waals surface area contributed by atoms with Gasteiger partial charge in [-0.2, -0.15) is 4.98 Å². The van der Waals surface area contributed by atoms with E-state index in [2.05, 4.69) is 22.0 Å². The molecule has 168 valence electrons. The molecule has 0 aliphatic heterocycles. The Labute approximate surface area is 193 Å². The van der Waals surface area contributed by atoms with E-state index in [4.69, 9.17) is 22.2 Å². The van der Waals surface area contributed by atoms with Gasteiger partial charge in [0.15, 0.2) is 5.11 Å². The van der Waals surface area contributed by atoms with E-state index in [9.17, 15) is 4.39 Å². The van der Waals surface area contributed by atoms with Gasteiger partial charge in [-0.3, -0.25) is 0 Å². The number of thiocarbonyl (C=S) groups is 1. The van der Waals surface area contributed by atoms with Crippen LogP contribution in [0.2, 0.25) is 0 Å². The van der Waals surface area contributed by atoms with Crippen LogP contribution in [0.3, 0.4) is 0 Å². The van der Waals surface area contributed by atoms with Crippen LogP contribution in [0.4, 0.5) is 21.8 Å². The average Bonchev–Trinajstić information content (AvgIpc) is 2.76. The lowest BCUT2D eigenvalue weighted by Crippen LogP contribution is -2.42. The van der Waals surface area contributed by atoms with E-state index >= 15 is 0 Å². The molecule has 1 fully saturated rings. The lowest BCUT2D eigenvalue weighted by atomic mass is 9.91. The average molecular weight is 453 g/mol. The van der Waals surface area contributed by atoms with Gasteiger partial charge in [0.25, 0.3) is 0 Å². The summed E-state index contributed by atoms with van der Waals surface area (Å²) in [6.07, 6.45) is 4.00. The zero-order chi connectivity index (χ0) is 22.7. The third-order valence-electron chi connectivity index (χ3n) is 5.84. The largest absolute Gasteiger partial charge is 0.362 e. The van der Waals surface area contributed by atoms with E-state index in [0.717, 1.165) is 53.7 Å². The highest BCUT2D eigenvalue weighted by atomic mass is 32.1. The van der Waals surface area contributed by atoms with Crippen molar-refractivity contribution in [1.29, 1.82) is 0 Å². The maximum atomic E-state index is 13.3. The number of aromatic nitrogens is 2. The van der Waals surface area contributed by atoms with Gasteiger partial charge >= 0.3 is 0 Å². The Morgan fingerprint density at radius 3 is 2.47 bits per heavy atom. The number of halogens is 1. The fraction of sp³-hybridized carbons (Fsp3) is 0.375. The Morgan fingerprint density at radius 1 is 1.03 bits per heavy atom. The van der Waals surface area contributed by atoms with E-state index in [-0.39, 0.29) is 5.82 Å². The van der Waals surface area contributed by atoms with E-state index < -0.39 is 0 Å². The summed E-state index contributed by atoms with van der Waals surface area (Å²) in [6.45, 7) is 1.86. The van der Waals surface area contributed by atoms with Gasteiger partial charge in [0.1, 0.15) is 11.6 Å². The standard InChI is InChI=1S/C24H29FN6S/c1-15-14-16(25)8-13-20(15)29-24(32)27-18-11-9-17(10-12-18)26-23-28-21-7-5-4-6-19(21)22(30-23)31(2)3/h4-8,13-14,17-18H,9-12H2,1-3H3,(H,26,28,30)(H2,27,29,32)/t17-,18+. The molecule has 8 heteroatoms. The van der Waals surface area contributed by atoms with Crippen molar-refractivity contribution in [3.8, 4) is 0 Å². The van der Waals surface area contributed by atoms with Crippen LogP contribution in [0.25, 0.3) is 10.9 Å². The van der Waals surface area contributed by atoms with Crippen molar-refractivity contribution in [3.63, 3.8) is 0 Å². The molecule has 4 rings (SSSR count). The molecular formula is C24H29FN6S. The van der Waals surface area contributed by atoms with Crippen LogP contribution in [0.1, 0.15) is 31.2 Å². The van der Waals surface area contributed by atoms with Crippen LogP contribution in [0.15, 0.2) is 42.5 Å². The molecule has 0 bridgehead atoms. The number of hydrogen-bond acceptors (Lipinski definition) is 5. The Morgan fingerprint density at radius 2 is 1.75 bits per heavy atom. The molecule has 3 aromatic rings. The number of para-hydroxylation sites is 1. The zero-order valence-corrected chi connectivity index (χ0v) is 19.5. The molecule has 0 saturated heterocycles. The van der Waals surface area contributed by atoms with Gasteiger partial charge < -0.3 is 20.9 Å². The minimum atomic E-state index is -0.245. The highest BCUT2D eigenvalue weighted by Gasteiger charge is 2.23. The third kappa shape index (κ3) is 5.24. The second-order valence-electron chi connectivity index (χ2n) is 8.53. The third-order valence-corrected chi connectivity index (χ3v) is 6.06. The normalized spacial score (nSPS) is 18.2. The molecule has 1 aliphatic carbocycles. The summed E-state index contributed by atoms with van der Waals surface area (Å²) >= 11 is 5.47. The molecule has 1 aromatic heterocycles. The Bertz CT molecular complexity index is 1110. The molecule has 0 amide bonds. The van der Waals surface area contributed by atoms with Crippen molar-refractivity contribution < 1.29 is 4.39 Å². The first kappa shape index (κ1) is 22.2. The van der Waals surface area contributed by atoms with Gasteiger partial charge in [0.2, 0.25) is 5.95 Å². The SMILES string of the molecule is Cc1cc(F)ccc1NC(=S)N[C@H]1CC[C@@H](Nc2nc(N(C)C)c3ccccc3n2)CC1. The first-order chi connectivity index (χ1) is 15.4. The zero-order valence-electron chi connectivity index (χ0n) is 18.7. The molecular weight excluding hydrogens is 423 g/mol. The summed E-state index contributed by atoms with van der Waals surface area (Å²) in [4.78, 5) is 11.5. The molecule has 0 radical (unpaired) electrons. The number of benzene rings is 2. The number of aryl methyl sites for hydroxylation is 1. The summed E-state index contributed by atoms with van der Waals surface area (Å²) in [5.74, 6) is 1.35. The highest BCUT2D eigenvalue weighted by Crippen LogP contribution is 2.26. The summed E-state index contributed by atoms with van der Waals surface area (Å²) < 4.78 is 13.3. The number of rotatable bonds is 5. The molecule has 1 heterocycles. The van der Waals surface area contributed by atoms with Gasteiger partial charge in [-0.05, 0) is 80.7 Å². The topological polar surface area (TPSA) is 65.1 Å². The van der Waals surface area contributed by atoms with Crippen molar-refractivity contribution in [2.45, 2.75) is 44.7 Å². The van der Waals surface area contributed by atoms with Crippen molar-refractivity contribution in [3.05, 3.63) is 53.8 Å². The van der Waals surface area contributed by atoms with Crippen LogP contribution >= 0.6 is 12.2 Å². The van der Waals surface area contributed by atoms with Crippen LogP contribution in [0, 0.1) is 12.7 Å².